The first kappa shape index (κ1) is 19.5. The van der Waals surface area contributed by atoms with Crippen LogP contribution in [0.4, 0.5) is 4.79 Å². The number of hydrogen-bond acceptors (Lipinski definition) is 5. The Labute approximate surface area is 168 Å². The van der Waals surface area contributed by atoms with Gasteiger partial charge in [-0.15, -0.1) is 0 Å². The summed E-state index contributed by atoms with van der Waals surface area (Å²) in [6.07, 6.45) is -0.124. The Morgan fingerprint density at radius 2 is 1.86 bits per heavy atom. The molecule has 0 fully saturated rings. The van der Waals surface area contributed by atoms with Crippen LogP contribution in [0.25, 0.3) is 0 Å². The SMILES string of the molecule is NC(=O)NC(CC(=O)NNC(=O)c1ccc2c(c1)OCO2)c1cccc(Br)c1. The third-order valence-electron chi connectivity index (χ3n) is 3.91. The van der Waals surface area contributed by atoms with E-state index in [-0.39, 0.29) is 13.2 Å². The Morgan fingerprint density at radius 1 is 1.07 bits per heavy atom. The van der Waals surface area contributed by atoms with Gasteiger partial charge < -0.3 is 20.5 Å². The third-order valence-corrected chi connectivity index (χ3v) is 4.40. The summed E-state index contributed by atoms with van der Waals surface area (Å²) in [7, 11) is 0. The Balaban J connectivity index is 1.59. The van der Waals surface area contributed by atoms with E-state index in [2.05, 4.69) is 32.1 Å². The summed E-state index contributed by atoms with van der Waals surface area (Å²) < 4.78 is 11.2. The highest BCUT2D eigenvalue weighted by atomic mass is 79.9. The van der Waals surface area contributed by atoms with E-state index in [9.17, 15) is 14.4 Å². The number of carbonyl (C=O) groups is 3. The van der Waals surface area contributed by atoms with Crippen molar-refractivity contribution >= 4 is 33.8 Å². The lowest BCUT2D eigenvalue weighted by atomic mass is 10.0. The minimum absolute atomic E-state index is 0.0982. The van der Waals surface area contributed by atoms with E-state index in [0.717, 1.165) is 4.47 Å². The predicted octanol–water partition coefficient (Wildman–Crippen LogP) is 1.74. The zero-order valence-corrected chi connectivity index (χ0v) is 16.1. The summed E-state index contributed by atoms with van der Waals surface area (Å²) in [5, 5.41) is 2.52. The maximum atomic E-state index is 12.2. The molecule has 1 aliphatic rings. The Morgan fingerprint density at radius 3 is 2.61 bits per heavy atom. The van der Waals surface area contributed by atoms with Gasteiger partial charge in [-0.1, -0.05) is 28.1 Å². The van der Waals surface area contributed by atoms with Crippen molar-refractivity contribution in [3.05, 3.63) is 58.1 Å². The monoisotopic (exact) mass is 448 g/mol. The van der Waals surface area contributed by atoms with Gasteiger partial charge >= 0.3 is 6.03 Å². The first-order valence-corrected chi connectivity index (χ1v) is 9.02. The van der Waals surface area contributed by atoms with Gasteiger partial charge in [0.15, 0.2) is 11.5 Å². The lowest BCUT2D eigenvalue weighted by Gasteiger charge is -2.18. The number of ether oxygens (including phenoxy) is 2. The fourth-order valence-corrected chi connectivity index (χ4v) is 3.04. The number of primary amides is 1. The number of halogens is 1. The maximum Gasteiger partial charge on any atom is 0.312 e. The predicted molar refractivity (Wildman–Crippen MR) is 102 cm³/mol. The van der Waals surface area contributed by atoms with Gasteiger partial charge in [0, 0.05) is 10.0 Å². The number of urea groups is 1. The molecular formula is C18H17BrN4O5. The van der Waals surface area contributed by atoms with Gasteiger partial charge in [0.1, 0.15) is 0 Å². The van der Waals surface area contributed by atoms with Crippen LogP contribution in [0, 0.1) is 0 Å². The fraction of sp³-hybridized carbons (Fsp3) is 0.167. The summed E-state index contributed by atoms with van der Waals surface area (Å²) in [5.74, 6) is -0.0179. The van der Waals surface area contributed by atoms with Crippen molar-refractivity contribution in [2.45, 2.75) is 12.5 Å². The van der Waals surface area contributed by atoms with Gasteiger partial charge in [0.05, 0.1) is 12.5 Å². The van der Waals surface area contributed by atoms with Crippen molar-refractivity contribution in [2.24, 2.45) is 5.73 Å². The number of rotatable bonds is 5. The molecule has 5 N–H and O–H groups in total. The van der Waals surface area contributed by atoms with Crippen molar-refractivity contribution < 1.29 is 23.9 Å². The molecule has 0 spiro atoms. The molecule has 1 aliphatic heterocycles. The van der Waals surface area contributed by atoms with Crippen molar-refractivity contribution in [3.63, 3.8) is 0 Å². The van der Waals surface area contributed by atoms with Crippen molar-refractivity contribution in [3.8, 4) is 11.5 Å². The molecule has 10 heteroatoms. The lowest BCUT2D eigenvalue weighted by molar-refractivity contribution is -0.122. The molecular weight excluding hydrogens is 432 g/mol. The molecule has 0 saturated heterocycles. The molecule has 28 heavy (non-hydrogen) atoms. The molecule has 0 bridgehead atoms. The molecule has 1 atom stereocenters. The molecule has 2 aromatic carbocycles. The topological polar surface area (TPSA) is 132 Å². The van der Waals surface area contributed by atoms with Crippen LogP contribution >= 0.6 is 15.9 Å². The largest absolute Gasteiger partial charge is 0.454 e. The highest BCUT2D eigenvalue weighted by Crippen LogP contribution is 2.32. The average Bonchev–Trinajstić information content (AvgIpc) is 3.13. The van der Waals surface area contributed by atoms with E-state index >= 15 is 0 Å². The van der Waals surface area contributed by atoms with Crippen molar-refractivity contribution in [2.75, 3.05) is 6.79 Å². The number of fused-ring (bicyclic) bond motifs is 1. The summed E-state index contributed by atoms with van der Waals surface area (Å²) in [6, 6.07) is 10.4. The standard InChI is InChI=1S/C18H17BrN4O5/c19-12-3-1-2-10(6-12)13(21-18(20)26)8-16(24)22-23-17(25)11-4-5-14-15(7-11)28-9-27-14/h1-7,13H,8-9H2,(H,22,24)(H,23,25)(H3,20,21,26). The minimum Gasteiger partial charge on any atom is -0.454 e. The van der Waals surface area contributed by atoms with Crippen LogP contribution in [-0.4, -0.2) is 24.6 Å². The molecule has 0 saturated carbocycles. The number of nitrogens with one attached hydrogen (secondary N) is 3. The second-order valence-corrected chi connectivity index (χ2v) is 6.81. The van der Waals surface area contributed by atoms with Crippen LogP contribution in [0.15, 0.2) is 46.9 Å². The molecule has 9 nitrogen and oxygen atoms in total. The third kappa shape index (κ3) is 4.92. The van der Waals surface area contributed by atoms with E-state index < -0.39 is 23.9 Å². The molecule has 0 radical (unpaired) electrons. The fourth-order valence-electron chi connectivity index (χ4n) is 2.62. The lowest BCUT2D eigenvalue weighted by Crippen LogP contribution is -2.44. The number of hydrazine groups is 1. The maximum absolute atomic E-state index is 12.2. The molecule has 0 aromatic heterocycles. The van der Waals surface area contributed by atoms with E-state index in [1.54, 1.807) is 30.3 Å². The van der Waals surface area contributed by atoms with E-state index in [1.165, 1.54) is 6.07 Å². The zero-order chi connectivity index (χ0) is 20.1. The van der Waals surface area contributed by atoms with Gasteiger partial charge in [-0.2, -0.15) is 0 Å². The summed E-state index contributed by atoms with van der Waals surface area (Å²) in [4.78, 5) is 35.7. The Bertz CT molecular complexity index is 921. The quantitative estimate of drug-likeness (QED) is 0.517. The molecule has 0 aliphatic carbocycles. The smallest absolute Gasteiger partial charge is 0.312 e. The molecule has 3 rings (SSSR count). The number of benzene rings is 2. The van der Waals surface area contributed by atoms with Gasteiger partial charge in [-0.05, 0) is 35.9 Å². The van der Waals surface area contributed by atoms with Crippen LogP contribution in [0.5, 0.6) is 11.5 Å². The zero-order valence-electron chi connectivity index (χ0n) is 14.5. The van der Waals surface area contributed by atoms with Crippen molar-refractivity contribution in [1.29, 1.82) is 0 Å². The average molecular weight is 449 g/mol. The van der Waals surface area contributed by atoms with Crippen LogP contribution in [0.1, 0.15) is 28.4 Å². The van der Waals surface area contributed by atoms with E-state index in [4.69, 9.17) is 15.2 Å². The van der Waals surface area contributed by atoms with Crippen LogP contribution in [0.3, 0.4) is 0 Å². The van der Waals surface area contributed by atoms with Gasteiger partial charge in [0.25, 0.3) is 5.91 Å². The van der Waals surface area contributed by atoms with Crippen LogP contribution < -0.4 is 31.4 Å². The molecule has 1 heterocycles. The molecule has 1 unspecified atom stereocenters. The number of nitrogens with two attached hydrogens (primary N) is 1. The number of carbonyl (C=O) groups excluding carboxylic acids is 3. The van der Waals surface area contributed by atoms with Gasteiger partial charge in [-0.25, -0.2) is 4.79 Å². The normalized spacial score (nSPS) is 12.8. The minimum atomic E-state index is -0.762. The summed E-state index contributed by atoms with van der Waals surface area (Å²) >= 11 is 3.34. The number of amides is 4. The summed E-state index contributed by atoms with van der Waals surface area (Å²) in [6.45, 7) is 0.0982. The Kier molecular flexibility index (Phi) is 5.99. The van der Waals surface area contributed by atoms with Crippen LogP contribution in [-0.2, 0) is 4.79 Å². The summed E-state index contributed by atoms with van der Waals surface area (Å²) in [5.41, 5.74) is 10.8. The van der Waals surface area contributed by atoms with Gasteiger partial charge in [0.2, 0.25) is 12.7 Å². The highest BCUT2D eigenvalue weighted by molar-refractivity contribution is 9.10. The molecule has 2 aromatic rings. The van der Waals surface area contributed by atoms with Gasteiger partial charge in [-0.3, -0.25) is 20.4 Å². The van der Waals surface area contributed by atoms with E-state index in [0.29, 0.717) is 22.6 Å². The van der Waals surface area contributed by atoms with Crippen molar-refractivity contribution in [1.82, 2.24) is 16.2 Å². The second kappa shape index (κ2) is 8.61. The highest BCUT2D eigenvalue weighted by Gasteiger charge is 2.19. The Hall–Kier alpha value is -3.27. The first-order valence-electron chi connectivity index (χ1n) is 8.22. The second-order valence-electron chi connectivity index (χ2n) is 5.89. The van der Waals surface area contributed by atoms with E-state index in [1.807, 2.05) is 6.07 Å². The van der Waals surface area contributed by atoms with Crippen LogP contribution in [0.2, 0.25) is 0 Å². The first-order chi connectivity index (χ1) is 13.4. The number of hydrogen-bond donors (Lipinski definition) is 4. The molecule has 4 amide bonds. The molecule has 146 valence electrons.